The number of cyclic esters (lactones) is 1. The van der Waals surface area contributed by atoms with Crippen molar-refractivity contribution in [3.8, 4) is 0 Å². The zero-order chi connectivity index (χ0) is 42.4. The topological polar surface area (TPSA) is 220 Å². The van der Waals surface area contributed by atoms with E-state index in [0.29, 0.717) is 6.42 Å². The molecule has 0 aromatic carbocycles. The molecule has 5 N–H and O–H groups in total. The fourth-order valence-electron chi connectivity index (χ4n) is 8.58. The van der Waals surface area contributed by atoms with Crippen LogP contribution in [-0.4, -0.2) is 161 Å². The summed E-state index contributed by atoms with van der Waals surface area (Å²) in [5.41, 5.74) is -4.24. The smallest absolute Gasteiger partial charge is 0.311 e. The number of methoxy groups -OCH3 is 2. The maximum absolute atomic E-state index is 14.2. The van der Waals surface area contributed by atoms with Gasteiger partial charge in [-0.2, -0.15) is 0 Å². The van der Waals surface area contributed by atoms with E-state index in [-0.39, 0.29) is 43.7 Å². The Kier molecular flexibility index (Phi) is 18.1. The van der Waals surface area contributed by atoms with Gasteiger partial charge in [-0.05, 0) is 74.9 Å². The van der Waals surface area contributed by atoms with Crippen LogP contribution in [0.2, 0.25) is 0 Å². The zero-order valence-corrected chi connectivity index (χ0v) is 35.3. The summed E-state index contributed by atoms with van der Waals surface area (Å²) in [7, 11) is 6.77. The van der Waals surface area contributed by atoms with Gasteiger partial charge in [-0.3, -0.25) is 14.4 Å². The van der Waals surface area contributed by atoms with E-state index in [2.05, 4.69) is 0 Å². The van der Waals surface area contributed by atoms with Crippen molar-refractivity contribution in [3.05, 3.63) is 0 Å². The lowest BCUT2D eigenvalue weighted by molar-refractivity contribution is -0.319. The van der Waals surface area contributed by atoms with Crippen molar-refractivity contribution in [2.75, 3.05) is 28.3 Å². The average Bonchev–Trinajstić information content (AvgIpc) is 3.12. The third-order valence-electron chi connectivity index (χ3n) is 12.3. The molecule has 0 bridgehead atoms. The molecule has 0 amide bonds. The molecule has 16 heteroatoms. The number of Topliss-reactive ketones (excluding diaryl/α,β-unsaturated/α-hetero) is 1. The molecule has 18 atom stereocenters. The third-order valence-corrected chi connectivity index (χ3v) is 12.3. The van der Waals surface area contributed by atoms with E-state index >= 15 is 0 Å². The van der Waals surface area contributed by atoms with Crippen LogP contribution in [-0.2, 0) is 47.5 Å². The highest BCUT2D eigenvalue weighted by Gasteiger charge is 2.54. The first kappa shape index (κ1) is 49.3. The fourth-order valence-corrected chi connectivity index (χ4v) is 8.58. The van der Waals surface area contributed by atoms with Crippen LogP contribution in [0.25, 0.3) is 0 Å². The van der Waals surface area contributed by atoms with E-state index in [4.69, 9.17) is 43.1 Å². The Hall–Kier alpha value is -1.83. The molecule has 3 fully saturated rings. The summed E-state index contributed by atoms with van der Waals surface area (Å²) < 4.78 is 43.9. The van der Waals surface area contributed by atoms with Crippen LogP contribution in [0.15, 0.2) is 0 Å². The number of carbonyl (C=O) groups excluding carboxylic acids is 2. The van der Waals surface area contributed by atoms with Crippen molar-refractivity contribution in [2.45, 2.75) is 179 Å². The van der Waals surface area contributed by atoms with Crippen molar-refractivity contribution in [1.29, 1.82) is 0 Å². The second-order valence-electron chi connectivity index (χ2n) is 16.7. The molecule has 0 aromatic heterocycles. The summed E-state index contributed by atoms with van der Waals surface area (Å²) >= 11 is 0. The van der Waals surface area contributed by atoms with Crippen LogP contribution in [0.1, 0.15) is 94.9 Å². The number of aliphatic hydroxyl groups excluding tert-OH is 3. The SMILES string of the molecule is CC[C@H]1OC(=O)[C@H](C)[C@@H](O[C@H]2C[C@@](C)(OC)[C@@H](O)[C@H](C)O2)[C@H](C)[C@@H](O[C@@H]2O[C@H](C)C[C@H](N(C)C)[C@H]2O)[C@](C)(OC)C[C@@H](C)C(=O)[C@H](C)[C@@H](O)[C@]1(C)O.O=CO. The molecule has 0 aliphatic carbocycles. The number of rotatable bonds is 8. The van der Waals surface area contributed by atoms with E-state index in [1.165, 1.54) is 21.1 Å². The molecule has 3 aliphatic rings. The first-order valence-electron chi connectivity index (χ1n) is 19.4. The normalized spacial score (nSPS) is 46.6. The number of ether oxygens (including phenoxy) is 7. The number of nitrogens with zero attached hydrogens (tertiary/aromatic N) is 1. The maximum Gasteiger partial charge on any atom is 0.311 e. The first-order valence-corrected chi connectivity index (χ1v) is 19.4. The highest BCUT2D eigenvalue weighted by Crippen LogP contribution is 2.41. The summed E-state index contributed by atoms with van der Waals surface area (Å²) in [6.07, 6.45) is -8.73. The quantitative estimate of drug-likeness (QED) is 0.176. The van der Waals surface area contributed by atoms with E-state index < -0.39 is 102 Å². The number of likely N-dealkylation sites (N-methyl/N-ethyl adjacent to an activating group) is 1. The standard InChI is InChI=1S/C38H69NO13.CH2O2/c1-15-26-38(10,45)31(42)21(4)28(40)19(2)17-37(9,47-14)33(52-35-29(41)25(39(11)12)16-20(3)48-35)22(5)30(23(6)34(44)50-26)51-27-18-36(8,46-13)32(43)24(7)49-27;2-1-3/h19-27,29-33,35,41-43,45H,15-18H2,1-14H3;1H,(H,2,3)/t19-,20-,21+,22+,23-,24+,25+,26-,27+,29-,30+,31-,32+,33-,35+,36-,37-,38-;/m1./s1. The van der Waals surface area contributed by atoms with Gasteiger partial charge >= 0.3 is 5.97 Å². The largest absolute Gasteiger partial charge is 0.483 e. The lowest BCUT2D eigenvalue weighted by Crippen LogP contribution is -2.61. The molecule has 0 saturated carbocycles. The number of carbonyl (C=O) groups is 3. The second-order valence-corrected chi connectivity index (χ2v) is 16.7. The number of esters is 1. The summed E-state index contributed by atoms with van der Waals surface area (Å²) in [5, 5.41) is 52.4. The van der Waals surface area contributed by atoms with E-state index in [1.54, 1.807) is 48.5 Å². The van der Waals surface area contributed by atoms with Crippen molar-refractivity contribution < 1.29 is 73.1 Å². The minimum absolute atomic E-state index is 0.111. The molecular formula is C39H71NO15. The van der Waals surface area contributed by atoms with Crippen molar-refractivity contribution in [3.63, 3.8) is 0 Å². The van der Waals surface area contributed by atoms with Gasteiger partial charge in [0, 0.05) is 44.4 Å². The van der Waals surface area contributed by atoms with Crippen LogP contribution in [0.5, 0.6) is 0 Å². The lowest BCUT2D eigenvalue weighted by Gasteiger charge is -2.50. The minimum Gasteiger partial charge on any atom is -0.483 e. The van der Waals surface area contributed by atoms with E-state index in [0.717, 1.165) is 0 Å². The van der Waals surface area contributed by atoms with Gasteiger partial charge in [0.2, 0.25) is 0 Å². The molecule has 16 nitrogen and oxygen atoms in total. The van der Waals surface area contributed by atoms with Gasteiger partial charge in [0.15, 0.2) is 12.6 Å². The predicted molar refractivity (Wildman–Crippen MR) is 200 cm³/mol. The van der Waals surface area contributed by atoms with E-state index in [9.17, 15) is 30.0 Å². The Bertz CT molecular complexity index is 1240. The Morgan fingerprint density at radius 2 is 1.44 bits per heavy atom. The van der Waals surface area contributed by atoms with Gasteiger partial charge in [-0.1, -0.05) is 27.7 Å². The highest BCUT2D eigenvalue weighted by atomic mass is 16.7. The van der Waals surface area contributed by atoms with Crippen LogP contribution in [0.4, 0.5) is 0 Å². The van der Waals surface area contributed by atoms with Gasteiger partial charge in [0.25, 0.3) is 6.47 Å². The summed E-state index contributed by atoms with van der Waals surface area (Å²) in [6.45, 7) is 16.8. The molecule has 0 spiro atoms. The van der Waals surface area contributed by atoms with Crippen LogP contribution in [0, 0.1) is 23.7 Å². The summed E-state index contributed by atoms with van der Waals surface area (Å²) in [5.74, 6) is -4.47. The van der Waals surface area contributed by atoms with Crippen LogP contribution >= 0.6 is 0 Å². The van der Waals surface area contributed by atoms with E-state index in [1.807, 2.05) is 32.8 Å². The molecule has 3 rings (SSSR count). The first-order chi connectivity index (χ1) is 25.4. The van der Waals surface area contributed by atoms with Crippen LogP contribution < -0.4 is 0 Å². The number of aliphatic hydroxyl groups is 4. The fraction of sp³-hybridized carbons (Fsp3) is 0.923. The number of ketones is 1. The van der Waals surface area contributed by atoms with Gasteiger partial charge in [-0.15, -0.1) is 0 Å². The molecule has 0 unspecified atom stereocenters. The number of hydrogen-bond donors (Lipinski definition) is 5. The molecule has 3 saturated heterocycles. The molecule has 0 aromatic rings. The summed E-state index contributed by atoms with van der Waals surface area (Å²) in [4.78, 5) is 38.4. The average molecular weight is 794 g/mol. The molecular weight excluding hydrogens is 722 g/mol. The Labute approximate surface area is 327 Å². The molecule has 3 heterocycles. The number of hydrogen-bond acceptors (Lipinski definition) is 15. The highest BCUT2D eigenvalue weighted by molar-refractivity contribution is 5.83. The monoisotopic (exact) mass is 793 g/mol. The van der Waals surface area contributed by atoms with Gasteiger partial charge < -0.3 is 63.6 Å². The van der Waals surface area contributed by atoms with Crippen molar-refractivity contribution in [2.24, 2.45) is 23.7 Å². The predicted octanol–water partition coefficient (Wildman–Crippen LogP) is 2.14. The van der Waals surface area contributed by atoms with Gasteiger partial charge in [0.1, 0.15) is 29.7 Å². The third kappa shape index (κ3) is 11.2. The lowest BCUT2D eigenvalue weighted by atomic mass is 9.74. The second kappa shape index (κ2) is 20.2. The zero-order valence-electron chi connectivity index (χ0n) is 35.3. The van der Waals surface area contributed by atoms with Crippen molar-refractivity contribution in [1.82, 2.24) is 4.90 Å². The Morgan fingerprint density at radius 3 is 1.95 bits per heavy atom. The molecule has 3 aliphatic heterocycles. The van der Waals surface area contributed by atoms with Crippen LogP contribution in [0.3, 0.4) is 0 Å². The number of carboxylic acid groups (broad SMARTS) is 1. The maximum atomic E-state index is 14.2. The Morgan fingerprint density at radius 1 is 0.873 bits per heavy atom. The Balaban J connectivity index is 0.00000337. The van der Waals surface area contributed by atoms with Crippen molar-refractivity contribution >= 4 is 18.2 Å². The van der Waals surface area contributed by atoms with Gasteiger partial charge in [0.05, 0.1) is 47.6 Å². The van der Waals surface area contributed by atoms with Gasteiger partial charge in [-0.25, -0.2) is 0 Å². The summed E-state index contributed by atoms with van der Waals surface area (Å²) in [6, 6.07) is -0.283. The minimum atomic E-state index is -1.96. The molecule has 55 heavy (non-hydrogen) atoms. The molecule has 0 radical (unpaired) electrons. The molecule has 322 valence electrons.